The summed E-state index contributed by atoms with van der Waals surface area (Å²) >= 11 is 12.1. The van der Waals surface area contributed by atoms with Crippen LogP contribution in [-0.4, -0.2) is 11.1 Å². The largest absolute Gasteiger partial charge is 0.478 e. The first-order chi connectivity index (χ1) is 6.07. The molecule has 0 amide bonds. The summed E-state index contributed by atoms with van der Waals surface area (Å²) in [6.45, 7) is 0. The van der Waals surface area contributed by atoms with Gasteiger partial charge in [-0.05, 0) is 43.5 Å². The van der Waals surface area contributed by atoms with Gasteiger partial charge in [0.2, 0.25) is 0 Å². The Balaban J connectivity index is 3.31. The lowest BCUT2D eigenvalue weighted by molar-refractivity contribution is 0.0696. The van der Waals surface area contributed by atoms with Gasteiger partial charge < -0.3 is 5.11 Å². The monoisotopic (exact) mass is 326 g/mol. The van der Waals surface area contributed by atoms with Crippen molar-refractivity contribution in [3.8, 4) is 0 Å². The molecular weight excluding hydrogens is 323 g/mol. The molecular formula is C8H5Br2ClO2. The second kappa shape index (κ2) is 4.44. The first-order valence-corrected chi connectivity index (χ1v) is 5.46. The summed E-state index contributed by atoms with van der Waals surface area (Å²) in [4.78, 5) is 10.7. The number of benzene rings is 1. The average molecular weight is 328 g/mol. The number of halogens is 3. The van der Waals surface area contributed by atoms with Crippen LogP contribution >= 0.6 is 43.5 Å². The van der Waals surface area contributed by atoms with E-state index in [1.54, 1.807) is 6.07 Å². The number of hydrogen-bond acceptors (Lipinski definition) is 1. The lowest BCUT2D eigenvalue weighted by atomic mass is 10.1. The van der Waals surface area contributed by atoms with Gasteiger partial charge in [0.05, 0.1) is 5.56 Å². The summed E-state index contributed by atoms with van der Waals surface area (Å²) in [5.41, 5.74) is 1.08. The fraction of sp³-hybridized carbons (Fsp3) is 0.125. The van der Waals surface area contributed by atoms with Crippen LogP contribution in [0.2, 0.25) is 0 Å². The third-order valence-corrected chi connectivity index (χ3v) is 4.09. The van der Waals surface area contributed by atoms with Crippen LogP contribution in [-0.2, 0) is 5.88 Å². The zero-order valence-corrected chi connectivity index (χ0v) is 10.3. The third kappa shape index (κ3) is 2.24. The lowest BCUT2D eigenvalue weighted by Gasteiger charge is -2.05. The average Bonchev–Trinajstić information content (AvgIpc) is 2.09. The molecule has 0 bridgehead atoms. The smallest absolute Gasteiger partial charge is 0.336 e. The maximum Gasteiger partial charge on any atom is 0.336 e. The molecule has 1 rings (SSSR count). The third-order valence-electron chi connectivity index (χ3n) is 1.54. The number of carbonyl (C=O) groups is 1. The van der Waals surface area contributed by atoms with Gasteiger partial charge in [0, 0.05) is 14.8 Å². The van der Waals surface area contributed by atoms with Gasteiger partial charge in [0.15, 0.2) is 0 Å². The van der Waals surface area contributed by atoms with Crippen LogP contribution in [0.3, 0.4) is 0 Å². The van der Waals surface area contributed by atoms with Crippen molar-refractivity contribution in [3.63, 3.8) is 0 Å². The summed E-state index contributed by atoms with van der Waals surface area (Å²) in [5, 5.41) is 8.77. The Bertz CT molecular complexity index is 352. The van der Waals surface area contributed by atoms with Crippen molar-refractivity contribution in [2.45, 2.75) is 5.88 Å². The first-order valence-electron chi connectivity index (χ1n) is 3.34. The van der Waals surface area contributed by atoms with E-state index in [1.807, 2.05) is 0 Å². The topological polar surface area (TPSA) is 37.3 Å². The minimum atomic E-state index is -0.964. The molecule has 0 radical (unpaired) electrons. The number of carboxylic acid groups (broad SMARTS) is 1. The van der Waals surface area contributed by atoms with Crippen molar-refractivity contribution < 1.29 is 9.90 Å². The van der Waals surface area contributed by atoms with Gasteiger partial charge in [-0.2, -0.15) is 0 Å². The standard InChI is InChI=1S/C8H5Br2ClO2/c9-6-4(3-11)1-2-5(7(6)10)8(12)13/h1-2H,3H2,(H,12,13). The molecule has 2 nitrogen and oxygen atoms in total. The SMILES string of the molecule is O=C(O)c1ccc(CCl)c(Br)c1Br. The van der Waals surface area contributed by atoms with Gasteiger partial charge in [-0.1, -0.05) is 6.07 Å². The highest BCUT2D eigenvalue weighted by Gasteiger charge is 2.13. The Morgan fingerprint density at radius 1 is 1.38 bits per heavy atom. The van der Waals surface area contributed by atoms with E-state index in [2.05, 4.69) is 31.9 Å². The van der Waals surface area contributed by atoms with Crippen molar-refractivity contribution in [3.05, 3.63) is 32.2 Å². The summed E-state index contributed by atoms with van der Waals surface area (Å²) in [7, 11) is 0. The summed E-state index contributed by atoms with van der Waals surface area (Å²) in [5.74, 6) is -0.618. The van der Waals surface area contributed by atoms with Crippen molar-refractivity contribution in [2.75, 3.05) is 0 Å². The minimum Gasteiger partial charge on any atom is -0.478 e. The molecule has 1 aromatic rings. The second-order valence-electron chi connectivity index (χ2n) is 2.34. The number of carboxylic acids is 1. The van der Waals surface area contributed by atoms with Crippen LogP contribution < -0.4 is 0 Å². The Kier molecular flexibility index (Phi) is 3.76. The van der Waals surface area contributed by atoms with Crippen LogP contribution in [0, 0.1) is 0 Å². The van der Waals surface area contributed by atoms with E-state index in [0.717, 1.165) is 5.56 Å². The van der Waals surface area contributed by atoms with Crippen molar-refractivity contribution >= 4 is 49.4 Å². The maximum absolute atomic E-state index is 10.7. The molecule has 5 heteroatoms. The van der Waals surface area contributed by atoms with Crippen LogP contribution in [0.25, 0.3) is 0 Å². The highest BCUT2D eigenvalue weighted by atomic mass is 79.9. The summed E-state index contributed by atoms with van der Waals surface area (Å²) in [6, 6.07) is 3.21. The van der Waals surface area contributed by atoms with Crippen molar-refractivity contribution in [1.82, 2.24) is 0 Å². The highest BCUT2D eigenvalue weighted by molar-refractivity contribution is 9.13. The fourth-order valence-corrected chi connectivity index (χ4v) is 2.28. The molecule has 0 atom stereocenters. The summed E-state index contributed by atoms with van der Waals surface area (Å²) < 4.78 is 1.22. The molecule has 0 saturated carbocycles. The Labute approximate surface area is 97.2 Å². The zero-order chi connectivity index (χ0) is 10.0. The molecule has 0 aliphatic heterocycles. The number of aromatic carboxylic acids is 1. The van der Waals surface area contributed by atoms with Gasteiger partial charge in [-0.25, -0.2) is 4.79 Å². The molecule has 70 valence electrons. The van der Waals surface area contributed by atoms with Gasteiger partial charge >= 0.3 is 5.97 Å². The van der Waals surface area contributed by atoms with Crippen LogP contribution in [0.1, 0.15) is 15.9 Å². The van der Waals surface area contributed by atoms with Crippen LogP contribution in [0.4, 0.5) is 0 Å². The van der Waals surface area contributed by atoms with Gasteiger partial charge in [-0.15, -0.1) is 11.6 Å². The van der Waals surface area contributed by atoms with E-state index in [1.165, 1.54) is 6.07 Å². The van der Waals surface area contributed by atoms with Crippen molar-refractivity contribution in [1.29, 1.82) is 0 Å². The molecule has 0 spiro atoms. The van der Waals surface area contributed by atoms with Crippen LogP contribution in [0.5, 0.6) is 0 Å². The Morgan fingerprint density at radius 2 is 2.00 bits per heavy atom. The minimum absolute atomic E-state index is 0.223. The molecule has 0 aromatic heterocycles. The zero-order valence-electron chi connectivity index (χ0n) is 6.35. The molecule has 0 fully saturated rings. The Morgan fingerprint density at radius 3 is 2.46 bits per heavy atom. The fourth-order valence-electron chi connectivity index (χ4n) is 0.858. The molecule has 0 aliphatic rings. The van der Waals surface area contributed by atoms with E-state index in [-0.39, 0.29) is 5.56 Å². The second-order valence-corrected chi connectivity index (χ2v) is 4.19. The highest BCUT2D eigenvalue weighted by Crippen LogP contribution is 2.31. The van der Waals surface area contributed by atoms with E-state index in [4.69, 9.17) is 16.7 Å². The van der Waals surface area contributed by atoms with E-state index < -0.39 is 5.97 Å². The summed E-state index contributed by atoms with van der Waals surface area (Å²) in [6.07, 6.45) is 0. The quantitative estimate of drug-likeness (QED) is 0.842. The predicted molar refractivity (Wildman–Crippen MR) is 58.4 cm³/mol. The molecule has 0 aliphatic carbocycles. The maximum atomic E-state index is 10.7. The molecule has 13 heavy (non-hydrogen) atoms. The molecule has 0 heterocycles. The molecule has 0 saturated heterocycles. The van der Waals surface area contributed by atoms with E-state index in [0.29, 0.717) is 14.8 Å². The lowest BCUT2D eigenvalue weighted by Crippen LogP contribution is -1.99. The number of hydrogen-bond donors (Lipinski definition) is 1. The molecule has 0 unspecified atom stereocenters. The van der Waals surface area contributed by atoms with Crippen LogP contribution in [0.15, 0.2) is 21.1 Å². The Hall–Kier alpha value is -0.0600. The number of rotatable bonds is 2. The normalized spacial score (nSPS) is 10.1. The first kappa shape index (κ1) is 11.0. The molecule has 1 N–H and O–H groups in total. The van der Waals surface area contributed by atoms with E-state index in [9.17, 15) is 4.79 Å². The number of alkyl halides is 1. The van der Waals surface area contributed by atoms with Gasteiger partial charge in [0.1, 0.15) is 0 Å². The van der Waals surface area contributed by atoms with Crippen molar-refractivity contribution in [2.24, 2.45) is 0 Å². The molecule has 1 aromatic carbocycles. The predicted octanol–water partition coefficient (Wildman–Crippen LogP) is 3.65. The van der Waals surface area contributed by atoms with Gasteiger partial charge in [-0.3, -0.25) is 0 Å². The van der Waals surface area contributed by atoms with E-state index >= 15 is 0 Å². The van der Waals surface area contributed by atoms with Gasteiger partial charge in [0.25, 0.3) is 0 Å².